The first-order valence-electron chi connectivity index (χ1n) is 6.58. The Bertz CT molecular complexity index is 792. The summed E-state index contributed by atoms with van der Waals surface area (Å²) in [7, 11) is 1.81. The summed E-state index contributed by atoms with van der Waals surface area (Å²) in [4.78, 5) is 14.1. The van der Waals surface area contributed by atoms with E-state index in [4.69, 9.17) is 12.2 Å². The molecule has 22 heavy (non-hydrogen) atoms. The van der Waals surface area contributed by atoms with E-state index in [1.54, 1.807) is 17.0 Å². The van der Waals surface area contributed by atoms with Crippen LogP contribution >= 0.6 is 28.1 Å². The predicted molar refractivity (Wildman–Crippen MR) is 93.3 cm³/mol. The first kappa shape index (κ1) is 14.9. The van der Waals surface area contributed by atoms with E-state index in [-0.39, 0.29) is 5.91 Å². The molecule has 0 atom stereocenters. The summed E-state index contributed by atoms with van der Waals surface area (Å²) in [5, 5.41) is 7.48. The number of aryl methyl sites for hydroxylation is 2. The minimum atomic E-state index is -0.177. The average Bonchev–Trinajstić information content (AvgIpc) is 2.93. The minimum Gasteiger partial charge on any atom is -0.327 e. The lowest BCUT2D eigenvalue weighted by atomic mass is 10.2. The molecule has 2 heterocycles. The van der Waals surface area contributed by atoms with Crippen LogP contribution in [0.3, 0.4) is 0 Å². The lowest BCUT2D eigenvalue weighted by Crippen LogP contribution is -2.30. The first-order valence-corrected chi connectivity index (χ1v) is 7.79. The SMILES string of the molecule is Cc1cccc(N2C(=O)/C(=C\c3c(Br)cnn3C)NC2=S)c1. The molecule has 0 unspecified atom stereocenters. The van der Waals surface area contributed by atoms with Gasteiger partial charge in [0.05, 0.1) is 22.1 Å². The van der Waals surface area contributed by atoms with Crippen molar-refractivity contribution in [1.29, 1.82) is 0 Å². The van der Waals surface area contributed by atoms with Crippen molar-refractivity contribution in [1.82, 2.24) is 15.1 Å². The number of thiocarbonyl (C=S) groups is 1. The molecule has 0 saturated carbocycles. The molecule has 1 N–H and O–H groups in total. The van der Waals surface area contributed by atoms with E-state index in [1.165, 1.54) is 4.90 Å². The van der Waals surface area contributed by atoms with Crippen molar-refractivity contribution < 1.29 is 4.79 Å². The highest BCUT2D eigenvalue weighted by molar-refractivity contribution is 9.10. The van der Waals surface area contributed by atoms with E-state index in [9.17, 15) is 4.79 Å². The van der Waals surface area contributed by atoms with Gasteiger partial charge in [-0.15, -0.1) is 0 Å². The van der Waals surface area contributed by atoms with Gasteiger partial charge in [0, 0.05) is 7.05 Å². The van der Waals surface area contributed by atoms with Crippen LogP contribution in [-0.2, 0) is 11.8 Å². The summed E-state index contributed by atoms with van der Waals surface area (Å²) in [6.07, 6.45) is 3.42. The number of hydrogen-bond donors (Lipinski definition) is 1. The van der Waals surface area contributed by atoms with Gasteiger partial charge in [0.1, 0.15) is 5.70 Å². The molecule has 0 bridgehead atoms. The van der Waals surface area contributed by atoms with Crippen LogP contribution in [-0.4, -0.2) is 20.8 Å². The molecular formula is C15H13BrN4OS. The van der Waals surface area contributed by atoms with Gasteiger partial charge < -0.3 is 5.32 Å². The molecule has 1 fully saturated rings. The highest BCUT2D eigenvalue weighted by Crippen LogP contribution is 2.25. The number of nitrogens with zero attached hydrogens (tertiary/aromatic N) is 3. The van der Waals surface area contributed by atoms with Crippen LogP contribution in [0.5, 0.6) is 0 Å². The summed E-state index contributed by atoms with van der Waals surface area (Å²) < 4.78 is 2.50. The van der Waals surface area contributed by atoms with Gasteiger partial charge in [0.25, 0.3) is 5.91 Å². The number of amides is 1. The molecule has 1 amide bonds. The second-order valence-electron chi connectivity index (χ2n) is 4.97. The number of hydrogen-bond acceptors (Lipinski definition) is 3. The fourth-order valence-electron chi connectivity index (χ4n) is 2.26. The van der Waals surface area contributed by atoms with Gasteiger partial charge in [-0.1, -0.05) is 12.1 Å². The second-order valence-corrected chi connectivity index (χ2v) is 6.21. The van der Waals surface area contributed by atoms with E-state index in [0.29, 0.717) is 10.8 Å². The predicted octanol–water partition coefficient (Wildman–Crippen LogP) is 2.75. The van der Waals surface area contributed by atoms with Crippen molar-refractivity contribution in [2.24, 2.45) is 7.05 Å². The van der Waals surface area contributed by atoms with Gasteiger partial charge in [0.2, 0.25) is 0 Å². The van der Waals surface area contributed by atoms with E-state index in [0.717, 1.165) is 21.4 Å². The van der Waals surface area contributed by atoms with Crippen molar-refractivity contribution in [3.63, 3.8) is 0 Å². The molecule has 112 valence electrons. The van der Waals surface area contributed by atoms with Gasteiger partial charge in [-0.2, -0.15) is 5.10 Å². The molecular weight excluding hydrogens is 364 g/mol. The minimum absolute atomic E-state index is 0.177. The maximum absolute atomic E-state index is 12.6. The Balaban J connectivity index is 1.99. The number of anilines is 1. The second kappa shape index (κ2) is 5.66. The fourth-order valence-corrected chi connectivity index (χ4v) is 3.02. The topological polar surface area (TPSA) is 50.2 Å². The molecule has 1 aliphatic rings. The lowest BCUT2D eigenvalue weighted by Gasteiger charge is -2.14. The highest BCUT2D eigenvalue weighted by atomic mass is 79.9. The molecule has 2 aromatic rings. The van der Waals surface area contributed by atoms with Gasteiger partial charge >= 0.3 is 0 Å². The number of rotatable bonds is 2. The maximum atomic E-state index is 12.6. The molecule has 7 heteroatoms. The Morgan fingerprint density at radius 1 is 1.41 bits per heavy atom. The molecule has 1 aliphatic heterocycles. The van der Waals surface area contributed by atoms with Crippen LogP contribution < -0.4 is 10.2 Å². The van der Waals surface area contributed by atoms with Crippen LogP contribution in [0.4, 0.5) is 5.69 Å². The third-order valence-corrected chi connectivity index (χ3v) is 4.25. The first-order chi connectivity index (χ1) is 10.5. The summed E-state index contributed by atoms with van der Waals surface area (Å²) in [5.74, 6) is -0.177. The third-order valence-electron chi connectivity index (χ3n) is 3.36. The molecule has 3 rings (SSSR count). The molecule has 0 spiro atoms. The highest BCUT2D eigenvalue weighted by Gasteiger charge is 2.32. The normalized spacial score (nSPS) is 16.5. The van der Waals surface area contributed by atoms with Gasteiger partial charge in [-0.05, 0) is 58.8 Å². The Morgan fingerprint density at radius 2 is 2.18 bits per heavy atom. The van der Waals surface area contributed by atoms with Crippen molar-refractivity contribution in [3.8, 4) is 0 Å². The van der Waals surface area contributed by atoms with Crippen LogP contribution in [0.2, 0.25) is 0 Å². The maximum Gasteiger partial charge on any atom is 0.281 e. The Labute approximate surface area is 141 Å². The monoisotopic (exact) mass is 376 g/mol. The number of aromatic nitrogens is 2. The quantitative estimate of drug-likeness (QED) is 0.646. The number of nitrogens with one attached hydrogen (secondary N) is 1. The summed E-state index contributed by atoms with van der Waals surface area (Å²) in [5.41, 5.74) is 3.05. The number of benzene rings is 1. The fraction of sp³-hybridized carbons (Fsp3) is 0.133. The van der Waals surface area contributed by atoms with Crippen molar-refractivity contribution in [3.05, 3.63) is 51.9 Å². The Morgan fingerprint density at radius 3 is 2.82 bits per heavy atom. The molecule has 5 nitrogen and oxygen atoms in total. The standard InChI is InChI=1S/C15H13BrN4OS/c1-9-4-3-5-10(6-9)20-14(21)12(18-15(20)22)7-13-11(16)8-17-19(13)2/h3-8H,1-2H3,(H,18,22)/b12-7+. The molecule has 0 radical (unpaired) electrons. The Kier molecular flexibility index (Phi) is 3.84. The van der Waals surface area contributed by atoms with Crippen LogP contribution in [0.1, 0.15) is 11.3 Å². The van der Waals surface area contributed by atoms with Crippen molar-refractivity contribution in [2.75, 3.05) is 4.90 Å². The van der Waals surface area contributed by atoms with E-state index < -0.39 is 0 Å². The van der Waals surface area contributed by atoms with Crippen molar-refractivity contribution in [2.45, 2.75) is 6.92 Å². The van der Waals surface area contributed by atoms with Gasteiger partial charge in [-0.25, -0.2) is 0 Å². The molecule has 1 saturated heterocycles. The Hall–Kier alpha value is -1.99. The van der Waals surface area contributed by atoms with Gasteiger partial charge in [0.15, 0.2) is 5.11 Å². The molecule has 1 aromatic carbocycles. The summed E-state index contributed by atoms with van der Waals surface area (Å²) in [6.45, 7) is 1.98. The van der Waals surface area contributed by atoms with Crippen LogP contribution in [0.25, 0.3) is 6.08 Å². The zero-order valence-corrected chi connectivity index (χ0v) is 14.4. The summed E-state index contributed by atoms with van der Waals surface area (Å²) in [6, 6.07) is 7.67. The number of carbonyl (C=O) groups excluding carboxylic acids is 1. The zero-order chi connectivity index (χ0) is 15.9. The van der Waals surface area contributed by atoms with Crippen molar-refractivity contribution >= 4 is 50.9 Å². The molecule has 0 aliphatic carbocycles. The van der Waals surface area contributed by atoms with E-state index in [2.05, 4.69) is 26.3 Å². The van der Waals surface area contributed by atoms with Gasteiger partial charge in [-0.3, -0.25) is 14.4 Å². The number of carbonyl (C=O) groups is 1. The largest absolute Gasteiger partial charge is 0.327 e. The van der Waals surface area contributed by atoms with E-state index >= 15 is 0 Å². The third kappa shape index (κ3) is 2.57. The van der Waals surface area contributed by atoms with Crippen LogP contribution in [0.15, 0.2) is 40.6 Å². The number of halogens is 1. The lowest BCUT2D eigenvalue weighted by molar-refractivity contribution is -0.113. The van der Waals surface area contributed by atoms with E-state index in [1.807, 2.05) is 38.2 Å². The van der Waals surface area contributed by atoms with Crippen LogP contribution in [0, 0.1) is 6.92 Å². The zero-order valence-electron chi connectivity index (χ0n) is 12.0. The average molecular weight is 377 g/mol. The smallest absolute Gasteiger partial charge is 0.281 e. The molecule has 1 aromatic heterocycles. The summed E-state index contributed by atoms with van der Waals surface area (Å²) >= 11 is 8.72.